The molecule has 100 valence electrons. The van der Waals surface area contributed by atoms with Gasteiger partial charge in [-0.15, -0.1) is 11.3 Å². The summed E-state index contributed by atoms with van der Waals surface area (Å²) >= 11 is 1.40. The highest BCUT2D eigenvalue weighted by Crippen LogP contribution is 2.22. The van der Waals surface area contributed by atoms with Gasteiger partial charge in [-0.2, -0.15) is 0 Å². The molecule has 6 nitrogen and oxygen atoms in total. The van der Waals surface area contributed by atoms with Crippen LogP contribution in [0.2, 0.25) is 0 Å². The van der Waals surface area contributed by atoms with Crippen LogP contribution in [0.4, 0.5) is 10.8 Å². The molecule has 0 spiro atoms. The summed E-state index contributed by atoms with van der Waals surface area (Å²) in [5, 5.41) is 5.25. The van der Waals surface area contributed by atoms with Crippen molar-refractivity contribution in [1.29, 1.82) is 0 Å². The Morgan fingerprint density at radius 3 is 2.89 bits per heavy atom. The van der Waals surface area contributed by atoms with E-state index in [-0.39, 0.29) is 5.91 Å². The van der Waals surface area contributed by atoms with Gasteiger partial charge in [0.1, 0.15) is 0 Å². The molecule has 0 fully saturated rings. The van der Waals surface area contributed by atoms with Gasteiger partial charge in [-0.1, -0.05) is 13.8 Å². The molecule has 0 saturated heterocycles. The van der Waals surface area contributed by atoms with E-state index < -0.39 is 0 Å². The van der Waals surface area contributed by atoms with Crippen LogP contribution in [0, 0.1) is 0 Å². The minimum atomic E-state index is -0.286. The molecule has 7 heteroatoms. The van der Waals surface area contributed by atoms with Crippen LogP contribution >= 0.6 is 11.3 Å². The predicted molar refractivity (Wildman–Crippen MR) is 76.2 cm³/mol. The Bertz CT molecular complexity index is 581. The minimum Gasteiger partial charge on any atom is -0.323 e. The molecule has 2 heterocycles. The van der Waals surface area contributed by atoms with Gasteiger partial charge in [-0.25, -0.2) is 4.98 Å². The molecule has 0 aliphatic heterocycles. The van der Waals surface area contributed by atoms with Crippen LogP contribution in [-0.4, -0.2) is 15.9 Å². The fourth-order valence-corrected chi connectivity index (χ4v) is 2.34. The van der Waals surface area contributed by atoms with Gasteiger partial charge in [-0.05, 0) is 12.0 Å². The molecule has 0 radical (unpaired) electrons. The number of carbonyl (C=O) groups excluding carboxylic acids is 1. The van der Waals surface area contributed by atoms with Gasteiger partial charge in [0.25, 0.3) is 5.91 Å². The average molecular weight is 277 g/mol. The fraction of sp³-hybridized carbons (Fsp3) is 0.250. The summed E-state index contributed by atoms with van der Waals surface area (Å²) in [5.74, 6) is 5.40. The molecular formula is C12H15N5OS. The van der Waals surface area contributed by atoms with E-state index in [1.165, 1.54) is 17.5 Å². The summed E-state index contributed by atoms with van der Waals surface area (Å²) in [6.07, 6.45) is 3.02. The fourth-order valence-electron chi connectivity index (χ4n) is 1.47. The van der Waals surface area contributed by atoms with E-state index in [4.69, 9.17) is 5.84 Å². The van der Waals surface area contributed by atoms with Gasteiger partial charge < -0.3 is 5.43 Å². The number of hydrogen-bond donors (Lipinski definition) is 3. The number of pyridine rings is 1. The molecule has 0 aliphatic rings. The third-order valence-electron chi connectivity index (χ3n) is 2.56. The summed E-state index contributed by atoms with van der Waals surface area (Å²) in [6, 6.07) is 1.64. The van der Waals surface area contributed by atoms with E-state index in [1.807, 2.05) is 5.38 Å². The third-order valence-corrected chi connectivity index (χ3v) is 3.33. The van der Waals surface area contributed by atoms with Crippen molar-refractivity contribution in [3.63, 3.8) is 0 Å². The highest BCUT2D eigenvalue weighted by atomic mass is 32.1. The topological polar surface area (TPSA) is 92.9 Å². The zero-order valence-corrected chi connectivity index (χ0v) is 11.5. The lowest BCUT2D eigenvalue weighted by Crippen LogP contribution is -2.17. The van der Waals surface area contributed by atoms with Crippen molar-refractivity contribution in [2.24, 2.45) is 5.84 Å². The Morgan fingerprint density at radius 1 is 1.47 bits per heavy atom. The minimum absolute atomic E-state index is 0.286. The van der Waals surface area contributed by atoms with Gasteiger partial charge in [0.2, 0.25) is 0 Å². The standard InChI is InChI=1S/C12H15N5OS/c1-7(2)10-6-19-12(15-10)16-11(18)8-5-14-4-3-9(8)17-13/h3-7H,13H2,1-2H3,(H,14,17)(H,15,16,18). The van der Waals surface area contributed by atoms with E-state index in [1.54, 1.807) is 12.3 Å². The Hall–Kier alpha value is -1.99. The number of nitrogens with zero attached hydrogens (tertiary/aromatic N) is 2. The van der Waals surface area contributed by atoms with E-state index in [0.29, 0.717) is 22.3 Å². The smallest absolute Gasteiger partial charge is 0.261 e. The maximum atomic E-state index is 12.1. The molecule has 0 saturated carbocycles. The van der Waals surface area contributed by atoms with E-state index in [9.17, 15) is 4.79 Å². The Kier molecular flexibility index (Phi) is 4.08. The van der Waals surface area contributed by atoms with Crippen LogP contribution in [-0.2, 0) is 0 Å². The lowest BCUT2D eigenvalue weighted by atomic mass is 10.2. The number of thiazole rings is 1. The Balaban J connectivity index is 2.16. The van der Waals surface area contributed by atoms with Crippen LogP contribution in [0.15, 0.2) is 23.8 Å². The summed E-state index contributed by atoms with van der Waals surface area (Å²) in [5.41, 5.74) is 4.33. The second kappa shape index (κ2) is 5.77. The molecular weight excluding hydrogens is 262 g/mol. The lowest BCUT2D eigenvalue weighted by molar-refractivity contribution is 0.102. The van der Waals surface area contributed by atoms with E-state index in [0.717, 1.165) is 5.69 Å². The average Bonchev–Trinajstić information content (AvgIpc) is 2.87. The van der Waals surface area contributed by atoms with Crippen molar-refractivity contribution in [3.05, 3.63) is 35.1 Å². The van der Waals surface area contributed by atoms with E-state index in [2.05, 4.69) is 34.6 Å². The molecule has 1 amide bonds. The number of anilines is 2. The van der Waals surface area contributed by atoms with Gasteiger partial charge in [0.05, 0.1) is 16.9 Å². The van der Waals surface area contributed by atoms with Crippen molar-refractivity contribution in [2.45, 2.75) is 19.8 Å². The number of nitrogens with one attached hydrogen (secondary N) is 2. The maximum absolute atomic E-state index is 12.1. The van der Waals surface area contributed by atoms with Crippen molar-refractivity contribution in [2.75, 3.05) is 10.7 Å². The molecule has 0 aliphatic carbocycles. The predicted octanol–water partition coefficient (Wildman–Crippen LogP) is 2.20. The number of rotatable bonds is 4. The van der Waals surface area contributed by atoms with Gasteiger partial charge in [0, 0.05) is 17.8 Å². The summed E-state index contributed by atoms with van der Waals surface area (Å²) in [4.78, 5) is 20.4. The number of nitrogen functional groups attached to an aromatic ring is 1. The first-order valence-corrected chi connectivity index (χ1v) is 6.67. The molecule has 0 bridgehead atoms. The monoisotopic (exact) mass is 277 g/mol. The zero-order valence-electron chi connectivity index (χ0n) is 10.7. The highest BCUT2D eigenvalue weighted by Gasteiger charge is 2.13. The second-order valence-electron chi connectivity index (χ2n) is 4.25. The Morgan fingerprint density at radius 2 is 2.26 bits per heavy atom. The summed E-state index contributed by atoms with van der Waals surface area (Å²) in [7, 11) is 0. The molecule has 0 aromatic carbocycles. The Labute approximate surface area is 115 Å². The SMILES string of the molecule is CC(C)c1csc(NC(=O)c2cnccc2NN)n1. The molecule has 4 N–H and O–H groups in total. The number of carbonyl (C=O) groups is 1. The molecule has 2 aromatic rings. The molecule has 19 heavy (non-hydrogen) atoms. The van der Waals surface area contributed by atoms with Crippen molar-refractivity contribution in [1.82, 2.24) is 9.97 Å². The molecule has 0 unspecified atom stereocenters. The van der Waals surface area contributed by atoms with Crippen LogP contribution < -0.4 is 16.6 Å². The van der Waals surface area contributed by atoms with Gasteiger partial charge >= 0.3 is 0 Å². The third kappa shape index (κ3) is 3.07. The molecule has 2 aromatic heterocycles. The normalized spacial score (nSPS) is 10.5. The summed E-state index contributed by atoms with van der Waals surface area (Å²) in [6.45, 7) is 4.11. The highest BCUT2D eigenvalue weighted by molar-refractivity contribution is 7.14. The van der Waals surface area contributed by atoms with Crippen molar-refractivity contribution < 1.29 is 4.79 Å². The largest absolute Gasteiger partial charge is 0.323 e. The number of hydrazine groups is 1. The van der Waals surface area contributed by atoms with Crippen molar-refractivity contribution in [3.8, 4) is 0 Å². The second-order valence-corrected chi connectivity index (χ2v) is 5.11. The number of aromatic nitrogens is 2. The number of hydrogen-bond acceptors (Lipinski definition) is 6. The van der Waals surface area contributed by atoms with Gasteiger partial charge in [0.15, 0.2) is 5.13 Å². The number of nitrogens with two attached hydrogens (primary N) is 1. The first-order chi connectivity index (χ1) is 9.11. The van der Waals surface area contributed by atoms with Crippen LogP contribution in [0.1, 0.15) is 35.8 Å². The number of amides is 1. The van der Waals surface area contributed by atoms with Crippen LogP contribution in [0.25, 0.3) is 0 Å². The van der Waals surface area contributed by atoms with E-state index >= 15 is 0 Å². The van der Waals surface area contributed by atoms with Gasteiger partial charge in [-0.3, -0.25) is 20.9 Å². The zero-order chi connectivity index (χ0) is 13.8. The quantitative estimate of drug-likeness (QED) is 0.588. The molecule has 2 rings (SSSR count). The summed E-state index contributed by atoms with van der Waals surface area (Å²) < 4.78 is 0. The first-order valence-electron chi connectivity index (χ1n) is 5.79. The van der Waals surface area contributed by atoms with Crippen LogP contribution in [0.5, 0.6) is 0 Å². The van der Waals surface area contributed by atoms with Crippen molar-refractivity contribution >= 4 is 28.1 Å². The molecule has 0 atom stereocenters. The maximum Gasteiger partial charge on any atom is 0.261 e. The van der Waals surface area contributed by atoms with Crippen LogP contribution in [0.3, 0.4) is 0 Å². The lowest BCUT2D eigenvalue weighted by Gasteiger charge is -2.07. The first kappa shape index (κ1) is 13.4.